The number of carbonyl (C=O) groups is 2. The van der Waals surface area contributed by atoms with Crippen molar-refractivity contribution < 1.29 is 9.59 Å². The van der Waals surface area contributed by atoms with Gasteiger partial charge in [-0.3, -0.25) is 9.59 Å². The van der Waals surface area contributed by atoms with Crippen molar-refractivity contribution >= 4 is 23.2 Å². The highest BCUT2D eigenvalue weighted by Gasteiger charge is 2.06. The van der Waals surface area contributed by atoms with Gasteiger partial charge in [0.15, 0.2) is 0 Å². The predicted octanol–water partition coefficient (Wildman–Crippen LogP) is 2.30. The Balaban J connectivity index is 2.94. The number of anilines is 2. The molecular weight excluding hydrogens is 204 g/mol. The van der Waals surface area contributed by atoms with Crippen molar-refractivity contribution in [2.45, 2.75) is 27.2 Å². The Morgan fingerprint density at radius 3 is 2.25 bits per heavy atom. The average molecular weight is 220 g/mol. The van der Waals surface area contributed by atoms with Crippen LogP contribution in [0.3, 0.4) is 0 Å². The van der Waals surface area contributed by atoms with Gasteiger partial charge in [-0.05, 0) is 24.6 Å². The number of nitrogens with one attached hydrogen (secondary N) is 2. The van der Waals surface area contributed by atoms with Gasteiger partial charge in [0.05, 0.1) is 0 Å². The zero-order valence-corrected chi connectivity index (χ0v) is 9.76. The molecule has 0 heterocycles. The Morgan fingerprint density at radius 2 is 1.75 bits per heavy atom. The average Bonchev–Trinajstić information content (AvgIpc) is 2.23. The highest BCUT2D eigenvalue weighted by molar-refractivity contribution is 5.94. The van der Waals surface area contributed by atoms with E-state index >= 15 is 0 Å². The first-order chi connectivity index (χ1) is 7.54. The second-order valence-corrected chi connectivity index (χ2v) is 3.56. The van der Waals surface area contributed by atoms with Crippen molar-refractivity contribution in [3.63, 3.8) is 0 Å². The molecule has 0 aromatic heterocycles. The van der Waals surface area contributed by atoms with Crippen LogP contribution in [0, 0.1) is 6.92 Å². The summed E-state index contributed by atoms with van der Waals surface area (Å²) < 4.78 is 0. The molecule has 16 heavy (non-hydrogen) atoms. The number of rotatable bonds is 3. The molecule has 0 fully saturated rings. The molecule has 1 rings (SSSR count). The molecule has 0 aliphatic carbocycles. The first-order valence-electron chi connectivity index (χ1n) is 5.21. The van der Waals surface area contributed by atoms with Crippen LogP contribution in [0.2, 0.25) is 0 Å². The highest BCUT2D eigenvalue weighted by Crippen LogP contribution is 2.23. The smallest absolute Gasteiger partial charge is 0.224 e. The van der Waals surface area contributed by atoms with Crippen molar-refractivity contribution in [2.75, 3.05) is 10.6 Å². The Kier molecular flexibility index (Phi) is 4.05. The molecule has 0 aliphatic heterocycles. The molecule has 0 radical (unpaired) electrons. The fourth-order valence-corrected chi connectivity index (χ4v) is 1.33. The number of carbonyl (C=O) groups excluding carboxylic acids is 2. The van der Waals surface area contributed by atoms with Gasteiger partial charge in [-0.1, -0.05) is 13.0 Å². The number of hydrogen-bond donors (Lipinski definition) is 2. The van der Waals surface area contributed by atoms with E-state index in [2.05, 4.69) is 10.6 Å². The third-order valence-corrected chi connectivity index (χ3v) is 2.24. The van der Waals surface area contributed by atoms with E-state index in [0.717, 1.165) is 16.9 Å². The van der Waals surface area contributed by atoms with Gasteiger partial charge in [0.25, 0.3) is 0 Å². The highest BCUT2D eigenvalue weighted by atomic mass is 16.2. The summed E-state index contributed by atoms with van der Waals surface area (Å²) in [5.74, 6) is -0.162. The third-order valence-electron chi connectivity index (χ3n) is 2.24. The Hall–Kier alpha value is -1.84. The molecule has 1 aromatic rings. The maximum atomic E-state index is 11.3. The van der Waals surface area contributed by atoms with Crippen LogP contribution in [0.1, 0.15) is 25.8 Å². The van der Waals surface area contributed by atoms with E-state index in [9.17, 15) is 9.59 Å². The topological polar surface area (TPSA) is 58.2 Å². The van der Waals surface area contributed by atoms with Crippen molar-refractivity contribution in [3.05, 3.63) is 23.8 Å². The summed E-state index contributed by atoms with van der Waals surface area (Å²) in [5, 5.41) is 5.50. The van der Waals surface area contributed by atoms with E-state index in [1.807, 2.05) is 13.0 Å². The molecule has 86 valence electrons. The van der Waals surface area contributed by atoms with Crippen LogP contribution in [0.25, 0.3) is 0 Å². The summed E-state index contributed by atoms with van der Waals surface area (Å²) in [6.45, 7) is 5.11. The van der Waals surface area contributed by atoms with Crippen LogP contribution in [-0.4, -0.2) is 11.8 Å². The second kappa shape index (κ2) is 5.30. The largest absolute Gasteiger partial charge is 0.326 e. The first kappa shape index (κ1) is 12.2. The fourth-order valence-electron chi connectivity index (χ4n) is 1.33. The summed E-state index contributed by atoms with van der Waals surface area (Å²) in [6, 6.07) is 5.41. The molecule has 1 aromatic carbocycles. The molecular formula is C12H16N2O2. The summed E-state index contributed by atoms with van der Waals surface area (Å²) in [7, 11) is 0. The normalized spacial score (nSPS) is 9.69. The standard InChI is InChI=1S/C12H16N2O2/c1-4-12(16)14-11-7-5-6-10(8(11)2)13-9(3)15/h5-7H,4H2,1-3H3,(H,13,15)(H,14,16). The lowest BCUT2D eigenvalue weighted by Gasteiger charge is -2.12. The van der Waals surface area contributed by atoms with Gasteiger partial charge < -0.3 is 10.6 Å². The quantitative estimate of drug-likeness (QED) is 0.821. The van der Waals surface area contributed by atoms with Crippen LogP contribution in [-0.2, 0) is 9.59 Å². The molecule has 0 saturated carbocycles. The van der Waals surface area contributed by atoms with Crippen molar-refractivity contribution in [2.24, 2.45) is 0 Å². The van der Waals surface area contributed by atoms with Crippen molar-refractivity contribution in [3.8, 4) is 0 Å². The second-order valence-electron chi connectivity index (χ2n) is 3.56. The number of benzene rings is 1. The van der Waals surface area contributed by atoms with Gasteiger partial charge in [-0.2, -0.15) is 0 Å². The van der Waals surface area contributed by atoms with Crippen LogP contribution in [0.5, 0.6) is 0 Å². The fraction of sp³-hybridized carbons (Fsp3) is 0.333. The van der Waals surface area contributed by atoms with E-state index in [-0.39, 0.29) is 11.8 Å². The summed E-state index contributed by atoms with van der Waals surface area (Å²) in [6.07, 6.45) is 0.434. The zero-order chi connectivity index (χ0) is 12.1. The molecule has 4 nitrogen and oxygen atoms in total. The monoisotopic (exact) mass is 220 g/mol. The van der Waals surface area contributed by atoms with Crippen LogP contribution >= 0.6 is 0 Å². The van der Waals surface area contributed by atoms with Crippen LogP contribution < -0.4 is 10.6 Å². The molecule has 0 aliphatic rings. The summed E-state index contributed by atoms with van der Waals surface area (Å²) >= 11 is 0. The maximum absolute atomic E-state index is 11.3. The predicted molar refractivity (Wildman–Crippen MR) is 64.4 cm³/mol. The Morgan fingerprint density at radius 1 is 1.19 bits per heavy atom. The number of hydrogen-bond acceptors (Lipinski definition) is 2. The van der Waals surface area contributed by atoms with Gasteiger partial charge in [0.2, 0.25) is 11.8 Å². The van der Waals surface area contributed by atoms with E-state index in [1.165, 1.54) is 6.92 Å². The van der Waals surface area contributed by atoms with Crippen molar-refractivity contribution in [1.82, 2.24) is 0 Å². The van der Waals surface area contributed by atoms with E-state index in [4.69, 9.17) is 0 Å². The van der Waals surface area contributed by atoms with E-state index in [1.54, 1.807) is 19.1 Å². The summed E-state index contributed by atoms with van der Waals surface area (Å²) in [4.78, 5) is 22.2. The lowest BCUT2D eigenvalue weighted by atomic mass is 10.1. The minimum atomic E-state index is -0.123. The van der Waals surface area contributed by atoms with Crippen LogP contribution in [0.4, 0.5) is 11.4 Å². The lowest BCUT2D eigenvalue weighted by molar-refractivity contribution is -0.116. The third kappa shape index (κ3) is 3.08. The van der Waals surface area contributed by atoms with Crippen molar-refractivity contribution in [1.29, 1.82) is 0 Å². The lowest BCUT2D eigenvalue weighted by Crippen LogP contribution is -2.12. The Bertz CT molecular complexity index is 413. The molecule has 4 heteroatoms. The zero-order valence-electron chi connectivity index (χ0n) is 9.76. The molecule has 0 unspecified atom stereocenters. The minimum absolute atomic E-state index is 0.0388. The van der Waals surface area contributed by atoms with Gasteiger partial charge >= 0.3 is 0 Å². The molecule has 0 bridgehead atoms. The van der Waals surface area contributed by atoms with E-state index in [0.29, 0.717) is 6.42 Å². The molecule has 0 spiro atoms. The summed E-state index contributed by atoms with van der Waals surface area (Å²) in [5.41, 5.74) is 2.32. The van der Waals surface area contributed by atoms with Gasteiger partial charge in [0, 0.05) is 24.7 Å². The van der Waals surface area contributed by atoms with E-state index < -0.39 is 0 Å². The van der Waals surface area contributed by atoms with Gasteiger partial charge in [-0.25, -0.2) is 0 Å². The molecule has 2 N–H and O–H groups in total. The molecule has 0 atom stereocenters. The minimum Gasteiger partial charge on any atom is -0.326 e. The number of amides is 2. The van der Waals surface area contributed by atoms with Gasteiger partial charge in [-0.15, -0.1) is 0 Å². The maximum Gasteiger partial charge on any atom is 0.224 e. The molecule has 0 saturated heterocycles. The van der Waals surface area contributed by atoms with Gasteiger partial charge in [0.1, 0.15) is 0 Å². The first-order valence-corrected chi connectivity index (χ1v) is 5.21. The SMILES string of the molecule is CCC(=O)Nc1cccc(NC(C)=O)c1C. The van der Waals surface area contributed by atoms with Crippen LogP contribution in [0.15, 0.2) is 18.2 Å². The Labute approximate surface area is 95.0 Å². The molecule has 2 amide bonds.